The van der Waals surface area contributed by atoms with Gasteiger partial charge in [-0.15, -0.1) is 0 Å². The Morgan fingerprint density at radius 1 is 0.842 bits per heavy atom. The molecule has 0 heterocycles. The second kappa shape index (κ2) is 5.67. The van der Waals surface area contributed by atoms with Gasteiger partial charge in [0.2, 0.25) is 0 Å². The highest BCUT2D eigenvalue weighted by Gasteiger charge is 2.37. The van der Waals surface area contributed by atoms with Gasteiger partial charge in [-0.3, -0.25) is 0 Å². The fraction of sp³-hybridized carbons (Fsp3) is 0.250. The highest BCUT2D eigenvalue weighted by Crippen LogP contribution is 2.38. The normalized spacial score (nSPS) is 11.8. The molecule has 0 unspecified atom stereocenters. The van der Waals surface area contributed by atoms with Gasteiger partial charge < -0.3 is 20.9 Å². The van der Waals surface area contributed by atoms with Crippen molar-refractivity contribution in [3.63, 3.8) is 0 Å². The average molecular weight is 291 g/mol. The number of hydrogen-bond donors (Lipinski definition) is 3. The minimum Gasteiger partial charge on any atom is -0.512 e. The lowest BCUT2D eigenvalue weighted by atomic mass is 10.1. The minimum atomic E-state index is -5.01. The smallest absolute Gasteiger partial charge is 0.512 e. The van der Waals surface area contributed by atoms with Gasteiger partial charge in [-0.25, -0.2) is 0 Å². The predicted octanol–water partition coefficient (Wildman–Crippen LogP) is 2.23. The third-order valence-corrected chi connectivity index (χ3v) is 1.80. The number of hydrogen-bond acceptors (Lipinski definition) is 4. The molecule has 0 aromatic heterocycles. The maximum absolute atomic E-state index is 12.3. The van der Waals surface area contributed by atoms with Crippen LogP contribution in [0.4, 0.5) is 26.3 Å². The van der Waals surface area contributed by atoms with Crippen LogP contribution in [-0.2, 0) is 12.4 Å². The molecule has 0 aliphatic rings. The maximum Gasteiger partial charge on any atom is 0.707 e. The zero-order valence-corrected chi connectivity index (χ0v) is 9.09. The number of benzene rings is 1. The molecular formula is C8H8BF6NO3. The van der Waals surface area contributed by atoms with Crippen LogP contribution in [0, 0.1) is 0 Å². The van der Waals surface area contributed by atoms with E-state index in [2.05, 4.69) is 4.65 Å². The Kier molecular flexibility index (Phi) is 5.24. The predicted molar refractivity (Wildman–Crippen MR) is 52.3 cm³/mol. The van der Waals surface area contributed by atoms with E-state index in [4.69, 9.17) is 10.0 Å². The Morgan fingerprint density at radius 3 is 1.47 bits per heavy atom. The SMILES string of the molecule is N.OB(O)Oc1cc(C(F)(F)F)cc(C(F)(F)F)c1. The molecule has 19 heavy (non-hydrogen) atoms. The quantitative estimate of drug-likeness (QED) is 0.576. The van der Waals surface area contributed by atoms with Crippen LogP contribution in [0.15, 0.2) is 18.2 Å². The summed E-state index contributed by atoms with van der Waals surface area (Å²) < 4.78 is 78.0. The van der Waals surface area contributed by atoms with Crippen molar-refractivity contribution in [1.29, 1.82) is 0 Å². The van der Waals surface area contributed by atoms with Gasteiger partial charge in [-0.05, 0) is 18.2 Å². The van der Waals surface area contributed by atoms with E-state index >= 15 is 0 Å². The van der Waals surface area contributed by atoms with E-state index in [0.717, 1.165) is 0 Å². The Bertz CT molecular complexity index is 401. The molecule has 0 aliphatic carbocycles. The van der Waals surface area contributed by atoms with Crippen molar-refractivity contribution >= 4 is 7.32 Å². The van der Waals surface area contributed by atoms with E-state index in [0.29, 0.717) is 0 Å². The second-order valence-corrected chi connectivity index (χ2v) is 3.19. The Balaban J connectivity index is 0.00000324. The molecular weight excluding hydrogens is 283 g/mol. The van der Waals surface area contributed by atoms with Crippen molar-refractivity contribution in [3.05, 3.63) is 29.3 Å². The van der Waals surface area contributed by atoms with Crippen molar-refractivity contribution in [1.82, 2.24) is 6.15 Å². The molecule has 0 saturated carbocycles. The number of alkyl halides is 6. The number of halogens is 6. The third kappa shape index (κ3) is 4.97. The monoisotopic (exact) mass is 291 g/mol. The van der Waals surface area contributed by atoms with Crippen molar-refractivity contribution < 1.29 is 41.0 Å². The molecule has 0 saturated heterocycles. The van der Waals surface area contributed by atoms with Gasteiger partial charge in [0.15, 0.2) is 0 Å². The molecule has 1 aromatic rings. The van der Waals surface area contributed by atoms with Gasteiger partial charge in [0.1, 0.15) is 5.75 Å². The number of rotatable bonds is 2. The van der Waals surface area contributed by atoms with Crippen LogP contribution in [0.2, 0.25) is 0 Å². The van der Waals surface area contributed by atoms with Crippen molar-refractivity contribution in [2.45, 2.75) is 12.4 Å². The summed E-state index contributed by atoms with van der Waals surface area (Å²) in [5, 5.41) is 16.7. The van der Waals surface area contributed by atoms with Crippen molar-refractivity contribution in [2.24, 2.45) is 0 Å². The fourth-order valence-electron chi connectivity index (χ4n) is 1.12. The summed E-state index contributed by atoms with van der Waals surface area (Å²) in [4.78, 5) is 0. The van der Waals surface area contributed by atoms with E-state index in [1.54, 1.807) is 0 Å². The molecule has 1 rings (SSSR count). The molecule has 4 nitrogen and oxygen atoms in total. The standard InChI is InChI=1S/C8H5BF6O3.H3N/c10-7(11,12)4-1-5(8(13,14)15)3-6(2-4)18-9(16)17;/h1-3,16-17H;1H3. The molecule has 0 aliphatic heterocycles. The minimum absolute atomic E-state index is 0. The van der Waals surface area contributed by atoms with Crippen LogP contribution in [0.1, 0.15) is 11.1 Å². The molecule has 0 spiro atoms. The van der Waals surface area contributed by atoms with E-state index < -0.39 is 36.6 Å². The lowest BCUT2D eigenvalue weighted by Gasteiger charge is -2.14. The molecule has 11 heteroatoms. The van der Waals surface area contributed by atoms with Crippen LogP contribution in [0.3, 0.4) is 0 Å². The summed E-state index contributed by atoms with van der Waals surface area (Å²) in [6, 6.07) is 0.361. The van der Waals surface area contributed by atoms with E-state index in [1.807, 2.05) is 0 Å². The molecule has 0 fully saturated rings. The largest absolute Gasteiger partial charge is 0.707 e. The van der Waals surface area contributed by atoms with E-state index in [1.165, 1.54) is 0 Å². The van der Waals surface area contributed by atoms with Gasteiger partial charge in [-0.1, -0.05) is 0 Å². The van der Waals surface area contributed by atoms with Gasteiger partial charge in [-0.2, -0.15) is 26.3 Å². The maximum atomic E-state index is 12.3. The van der Waals surface area contributed by atoms with E-state index in [-0.39, 0.29) is 24.3 Å². The van der Waals surface area contributed by atoms with Crippen LogP contribution >= 0.6 is 0 Å². The topological polar surface area (TPSA) is 84.7 Å². The van der Waals surface area contributed by atoms with Gasteiger partial charge in [0.25, 0.3) is 0 Å². The Hall–Kier alpha value is -1.46. The third-order valence-electron chi connectivity index (χ3n) is 1.80. The summed E-state index contributed by atoms with van der Waals surface area (Å²) in [5.41, 5.74) is -3.21. The first-order valence-electron chi connectivity index (χ1n) is 4.32. The first-order valence-corrected chi connectivity index (χ1v) is 4.32. The highest BCUT2D eigenvalue weighted by molar-refractivity contribution is 6.33. The first kappa shape index (κ1) is 17.5. The molecule has 0 radical (unpaired) electrons. The molecule has 1 aromatic carbocycles. The summed E-state index contributed by atoms with van der Waals surface area (Å²) in [6.45, 7) is 0. The van der Waals surface area contributed by atoms with Crippen LogP contribution in [-0.4, -0.2) is 17.4 Å². The van der Waals surface area contributed by atoms with Gasteiger partial charge in [0.05, 0.1) is 11.1 Å². The molecule has 108 valence electrons. The Labute approximate surface area is 103 Å². The molecule has 0 amide bonds. The zero-order valence-electron chi connectivity index (χ0n) is 9.09. The summed E-state index contributed by atoms with van der Waals surface area (Å²) in [6.07, 6.45) is -10.0. The molecule has 5 N–H and O–H groups in total. The summed E-state index contributed by atoms with van der Waals surface area (Å²) in [7, 11) is -2.52. The van der Waals surface area contributed by atoms with Crippen molar-refractivity contribution in [2.75, 3.05) is 0 Å². The van der Waals surface area contributed by atoms with Gasteiger partial charge >= 0.3 is 19.7 Å². The van der Waals surface area contributed by atoms with Crippen LogP contribution in [0.5, 0.6) is 5.75 Å². The van der Waals surface area contributed by atoms with Crippen molar-refractivity contribution in [3.8, 4) is 5.75 Å². The zero-order chi connectivity index (χ0) is 14.1. The lowest BCUT2D eigenvalue weighted by molar-refractivity contribution is -0.143. The van der Waals surface area contributed by atoms with E-state index in [9.17, 15) is 26.3 Å². The lowest BCUT2D eigenvalue weighted by Crippen LogP contribution is -2.21. The molecule has 0 bridgehead atoms. The van der Waals surface area contributed by atoms with Crippen LogP contribution < -0.4 is 10.8 Å². The summed E-state index contributed by atoms with van der Waals surface area (Å²) in [5.74, 6) is -0.952. The Morgan fingerprint density at radius 2 is 1.21 bits per heavy atom. The highest BCUT2D eigenvalue weighted by atomic mass is 19.4. The second-order valence-electron chi connectivity index (χ2n) is 3.19. The van der Waals surface area contributed by atoms with Crippen LogP contribution in [0.25, 0.3) is 0 Å². The fourth-order valence-corrected chi connectivity index (χ4v) is 1.12. The summed E-state index contributed by atoms with van der Waals surface area (Å²) >= 11 is 0. The average Bonchev–Trinajstić information content (AvgIpc) is 2.13. The van der Waals surface area contributed by atoms with Gasteiger partial charge in [0, 0.05) is 0 Å². The first-order chi connectivity index (χ1) is 8.00. The molecule has 0 atom stereocenters.